The molecule has 208 valence electrons. The number of aromatic nitrogens is 4. The molecule has 6 nitrogen and oxygen atoms in total. The van der Waals surface area contributed by atoms with Crippen LogP contribution in [0.3, 0.4) is 0 Å². The van der Waals surface area contributed by atoms with Crippen molar-refractivity contribution in [3.05, 3.63) is 75.4 Å². The summed E-state index contributed by atoms with van der Waals surface area (Å²) in [5, 5.41) is 0. The second-order valence-electron chi connectivity index (χ2n) is 11.0. The molecule has 5 rings (SSSR count). The Labute approximate surface area is 236 Å². The van der Waals surface area contributed by atoms with E-state index >= 15 is 0 Å². The second-order valence-corrected chi connectivity index (χ2v) is 11.0. The molecule has 0 unspecified atom stereocenters. The SMILES string of the molecule is C=Cc1c(C)c2cc3nc(c(C)c4nc(cc5[nH]c(cc1[nH]2)c(C)c5CC)C(C)=C4)[C@@H](CCC(=O)OCC)[C@@H]3C. The Hall–Kier alpha value is -3.93. The largest absolute Gasteiger partial charge is 0.466 e. The average molecular weight is 537 g/mol. The van der Waals surface area contributed by atoms with Crippen LogP contribution < -0.4 is 0 Å². The molecule has 5 heterocycles. The minimum atomic E-state index is -0.162. The van der Waals surface area contributed by atoms with Gasteiger partial charge < -0.3 is 14.7 Å². The van der Waals surface area contributed by atoms with E-state index in [1.54, 1.807) is 0 Å². The number of allylic oxidation sites excluding steroid dienone is 1. The molecule has 0 saturated carbocycles. The quantitative estimate of drug-likeness (QED) is 0.311. The van der Waals surface area contributed by atoms with Crippen LogP contribution in [0.15, 0.2) is 24.8 Å². The van der Waals surface area contributed by atoms with Crippen molar-refractivity contribution in [2.75, 3.05) is 6.61 Å². The maximum Gasteiger partial charge on any atom is 0.305 e. The number of ether oxygens (including phenoxy) is 1. The van der Waals surface area contributed by atoms with Crippen LogP contribution in [0.2, 0.25) is 0 Å². The summed E-state index contributed by atoms with van der Waals surface area (Å²) in [7, 11) is 0. The zero-order valence-electron chi connectivity index (χ0n) is 24.8. The molecule has 2 aliphatic rings. The van der Waals surface area contributed by atoms with E-state index in [4.69, 9.17) is 14.7 Å². The number of rotatable bonds is 6. The van der Waals surface area contributed by atoms with Crippen molar-refractivity contribution in [1.29, 1.82) is 0 Å². The smallest absolute Gasteiger partial charge is 0.305 e. The molecular formula is C34H40N4O2. The molecule has 0 radical (unpaired) electrons. The van der Waals surface area contributed by atoms with Gasteiger partial charge in [-0.05, 0) is 99.6 Å². The van der Waals surface area contributed by atoms with Gasteiger partial charge in [0.2, 0.25) is 0 Å². The second kappa shape index (κ2) is 10.9. The lowest BCUT2D eigenvalue weighted by Crippen LogP contribution is -2.09. The molecule has 0 saturated heterocycles. The number of nitrogens with zero attached hydrogens (tertiary/aromatic N) is 2. The van der Waals surface area contributed by atoms with Gasteiger partial charge in [-0.2, -0.15) is 0 Å². The first-order valence-electron chi connectivity index (χ1n) is 14.4. The summed E-state index contributed by atoms with van der Waals surface area (Å²) in [6.07, 6.45) is 6.04. The van der Waals surface area contributed by atoms with Crippen molar-refractivity contribution in [1.82, 2.24) is 19.9 Å². The average Bonchev–Trinajstić information content (AvgIpc) is 3.62. The van der Waals surface area contributed by atoms with Crippen LogP contribution in [0.25, 0.3) is 39.8 Å². The van der Waals surface area contributed by atoms with Crippen LogP contribution in [0, 0.1) is 20.8 Å². The Kier molecular flexibility index (Phi) is 7.54. The molecular weight excluding hydrogens is 496 g/mol. The highest BCUT2D eigenvalue weighted by Crippen LogP contribution is 2.42. The lowest BCUT2D eigenvalue weighted by molar-refractivity contribution is -0.143. The van der Waals surface area contributed by atoms with Crippen LogP contribution in [0.4, 0.5) is 0 Å². The van der Waals surface area contributed by atoms with Gasteiger partial charge in [0.05, 0.1) is 18.0 Å². The Balaban J connectivity index is 1.85. The van der Waals surface area contributed by atoms with Crippen molar-refractivity contribution in [2.45, 2.75) is 79.6 Å². The summed E-state index contributed by atoms with van der Waals surface area (Å²) < 4.78 is 5.25. The normalized spacial score (nSPS) is 16.6. The third-order valence-electron chi connectivity index (χ3n) is 8.64. The number of H-pyrrole nitrogens is 2. The number of nitrogens with one attached hydrogen (secondary N) is 2. The van der Waals surface area contributed by atoms with E-state index in [1.807, 2.05) is 13.0 Å². The number of hydrogen-bond acceptors (Lipinski definition) is 4. The third kappa shape index (κ3) is 4.80. The van der Waals surface area contributed by atoms with Crippen molar-refractivity contribution >= 4 is 45.8 Å². The molecule has 3 aromatic rings. The van der Waals surface area contributed by atoms with Gasteiger partial charge in [0.15, 0.2) is 0 Å². The van der Waals surface area contributed by atoms with Gasteiger partial charge in [-0.1, -0.05) is 26.5 Å². The van der Waals surface area contributed by atoms with E-state index in [9.17, 15) is 4.79 Å². The summed E-state index contributed by atoms with van der Waals surface area (Å²) in [6, 6.07) is 6.53. The van der Waals surface area contributed by atoms with E-state index in [0.717, 1.165) is 73.5 Å². The van der Waals surface area contributed by atoms with Crippen LogP contribution in [0.1, 0.15) is 103 Å². The number of fused-ring (bicyclic) bond motifs is 8. The number of carbonyl (C=O) groups is 1. The maximum absolute atomic E-state index is 12.3. The lowest BCUT2D eigenvalue weighted by Gasteiger charge is -2.17. The summed E-state index contributed by atoms with van der Waals surface area (Å²) in [5.74, 6) is 0.0695. The molecule has 40 heavy (non-hydrogen) atoms. The topological polar surface area (TPSA) is 83.7 Å². The van der Waals surface area contributed by atoms with Gasteiger partial charge in [0.25, 0.3) is 0 Å². The number of aromatic amines is 2. The first-order chi connectivity index (χ1) is 19.2. The van der Waals surface area contributed by atoms with Gasteiger partial charge in [0.1, 0.15) is 0 Å². The fourth-order valence-corrected chi connectivity index (χ4v) is 6.19. The van der Waals surface area contributed by atoms with Gasteiger partial charge in [-0.3, -0.25) is 9.78 Å². The first-order valence-corrected chi connectivity index (χ1v) is 14.4. The van der Waals surface area contributed by atoms with E-state index in [0.29, 0.717) is 19.4 Å². The minimum Gasteiger partial charge on any atom is -0.466 e. The fraction of sp³-hybridized carbons (Fsp3) is 0.382. The third-order valence-corrected chi connectivity index (χ3v) is 8.64. The van der Waals surface area contributed by atoms with E-state index in [1.165, 1.54) is 11.1 Å². The van der Waals surface area contributed by atoms with Gasteiger partial charge in [-0.25, -0.2) is 4.98 Å². The molecule has 6 heteroatoms. The highest BCUT2D eigenvalue weighted by molar-refractivity contribution is 5.86. The molecule has 2 atom stereocenters. The lowest BCUT2D eigenvalue weighted by atomic mass is 9.86. The van der Waals surface area contributed by atoms with Crippen molar-refractivity contribution in [3.63, 3.8) is 0 Å². The van der Waals surface area contributed by atoms with E-state index in [2.05, 4.69) is 82.4 Å². The molecule has 0 spiro atoms. The number of aryl methyl sites for hydroxylation is 3. The summed E-state index contributed by atoms with van der Waals surface area (Å²) in [6.45, 7) is 19.3. The van der Waals surface area contributed by atoms with Gasteiger partial charge in [0, 0.05) is 57.3 Å². The molecule has 2 N–H and O–H groups in total. The van der Waals surface area contributed by atoms with Crippen LogP contribution >= 0.6 is 0 Å². The molecule has 0 aromatic carbocycles. The van der Waals surface area contributed by atoms with Crippen molar-refractivity contribution < 1.29 is 9.53 Å². The van der Waals surface area contributed by atoms with Gasteiger partial charge in [-0.15, -0.1) is 0 Å². The molecule has 0 aliphatic carbocycles. The highest BCUT2D eigenvalue weighted by Gasteiger charge is 2.31. The number of esters is 1. The zero-order chi connectivity index (χ0) is 28.7. The number of hydrogen-bond donors (Lipinski definition) is 2. The molecule has 3 aromatic heterocycles. The van der Waals surface area contributed by atoms with E-state index < -0.39 is 0 Å². The monoisotopic (exact) mass is 536 g/mol. The molecule has 2 aliphatic heterocycles. The van der Waals surface area contributed by atoms with Crippen LogP contribution in [-0.2, 0) is 16.0 Å². The number of carbonyl (C=O) groups excluding carboxylic acids is 1. The van der Waals surface area contributed by atoms with Crippen molar-refractivity contribution in [2.24, 2.45) is 0 Å². The Bertz CT molecular complexity index is 1700. The Morgan fingerprint density at radius 2 is 1.70 bits per heavy atom. The Morgan fingerprint density at radius 3 is 2.40 bits per heavy atom. The molecule has 0 amide bonds. The summed E-state index contributed by atoms with van der Waals surface area (Å²) >= 11 is 0. The summed E-state index contributed by atoms with van der Waals surface area (Å²) in [5.41, 5.74) is 15.1. The minimum absolute atomic E-state index is 0.0934. The standard InChI is InChI=1S/C34H40N4O2/c1-9-23-20(6)29-17-32-24(10-2)19(5)28(36-32)16-30-21(7)25(12-13-33(39)40-11-3)34(38-30)22(8)27-14-18(4)26(35-27)15-31(23)37-29/h10,14-17,21,25,36-37H,2,9,11-13H2,1,3-8H3/t21-,25-/m0/s1. The maximum atomic E-state index is 12.3. The Morgan fingerprint density at radius 1 is 0.975 bits per heavy atom. The predicted octanol–water partition coefficient (Wildman–Crippen LogP) is 8.24. The summed E-state index contributed by atoms with van der Waals surface area (Å²) in [4.78, 5) is 29.9. The zero-order valence-corrected chi connectivity index (χ0v) is 24.8. The first kappa shape index (κ1) is 27.6. The van der Waals surface area contributed by atoms with Crippen LogP contribution in [-0.4, -0.2) is 32.5 Å². The van der Waals surface area contributed by atoms with Crippen molar-refractivity contribution in [3.8, 4) is 0 Å². The fourth-order valence-electron chi connectivity index (χ4n) is 6.19. The molecule has 0 fully saturated rings. The molecule has 8 bridgehead atoms. The van der Waals surface area contributed by atoms with E-state index in [-0.39, 0.29) is 17.8 Å². The van der Waals surface area contributed by atoms with Crippen LogP contribution in [0.5, 0.6) is 0 Å². The predicted molar refractivity (Wildman–Crippen MR) is 165 cm³/mol. The highest BCUT2D eigenvalue weighted by atomic mass is 16.5. The van der Waals surface area contributed by atoms with Gasteiger partial charge >= 0.3 is 5.97 Å².